The molecule has 3 rings (SSSR count). The topological polar surface area (TPSA) is 74.5 Å². The summed E-state index contributed by atoms with van der Waals surface area (Å²) in [6.07, 6.45) is 3.38. The highest BCUT2D eigenvalue weighted by molar-refractivity contribution is 5.73. The van der Waals surface area contributed by atoms with Gasteiger partial charge in [-0.2, -0.15) is 0 Å². The van der Waals surface area contributed by atoms with Crippen LogP contribution < -0.4 is 20.9 Å². The first-order valence-corrected chi connectivity index (χ1v) is 7.67. The number of carbonyl (C=O) groups is 1. The Morgan fingerprint density at radius 2 is 2.05 bits per heavy atom. The van der Waals surface area contributed by atoms with Crippen LogP contribution in [0.5, 0.6) is 0 Å². The number of carbonyl (C=O) groups excluding carboxylic acids is 1. The van der Waals surface area contributed by atoms with E-state index in [1.165, 1.54) is 12.8 Å². The SMILES string of the molecule is CC(=O)NC1CCN(c2ccc(N)c(N3CCCC3)n2)C1. The molecule has 3 heterocycles. The van der Waals surface area contributed by atoms with Gasteiger partial charge in [0.25, 0.3) is 0 Å². The predicted octanol–water partition coefficient (Wildman–Crippen LogP) is 0.979. The van der Waals surface area contributed by atoms with Gasteiger partial charge in [-0.1, -0.05) is 0 Å². The number of rotatable bonds is 3. The van der Waals surface area contributed by atoms with Gasteiger partial charge in [-0.15, -0.1) is 0 Å². The van der Waals surface area contributed by atoms with E-state index in [-0.39, 0.29) is 11.9 Å². The van der Waals surface area contributed by atoms with Crippen LogP contribution in [0.15, 0.2) is 12.1 Å². The van der Waals surface area contributed by atoms with Gasteiger partial charge in [0.1, 0.15) is 5.82 Å². The van der Waals surface area contributed by atoms with Crippen molar-refractivity contribution in [3.05, 3.63) is 12.1 Å². The third kappa shape index (κ3) is 3.04. The van der Waals surface area contributed by atoms with Gasteiger partial charge in [0, 0.05) is 39.1 Å². The van der Waals surface area contributed by atoms with Crippen LogP contribution in [0.2, 0.25) is 0 Å². The maximum Gasteiger partial charge on any atom is 0.217 e. The Kier molecular flexibility index (Phi) is 3.86. The van der Waals surface area contributed by atoms with Gasteiger partial charge < -0.3 is 20.9 Å². The zero-order valence-electron chi connectivity index (χ0n) is 12.5. The minimum absolute atomic E-state index is 0.0323. The fraction of sp³-hybridized carbons (Fsp3) is 0.600. The van der Waals surface area contributed by atoms with E-state index in [1.54, 1.807) is 6.92 Å². The van der Waals surface area contributed by atoms with Crippen LogP contribution in [0.4, 0.5) is 17.3 Å². The summed E-state index contributed by atoms with van der Waals surface area (Å²) in [5, 5.41) is 2.98. The number of amides is 1. The summed E-state index contributed by atoms with van der Waals surface area (Å²) in [6, 6.07) is 4.14. The van der Waals surface area contributed by atoms with Crippen molar-refractivity contribution in [3.63, 3.8) is 0 Å². The second-order valence-electron chi connectivity index (χ2n) is 5.91. The van der Waals surface area contributed by atoms with E-state index < -0.39 is 0 Å². The first kappa shape index (κ1) is 14.0. The van der Waals surface area contributed by atoms with E-state index in [4.69, 9.17) is 10.7 Å². The van der Waals surface area contributed by atoms with Crippen molar-refractivity contribution < 1.29 is 4.79 Å². The number of anilines is 3. The molecule has 0 aliphatic carbocycles. The summed E-state index contributed by atoms with van der Waals surface area (Å²) in [5.74, 6) is 1.90. The summed E-state index contributed by atoms with van der Waals surface area (Å²) in [6.45, 7) is 5.37. The van der Waals surface area contributed by atoms with Crippen molar-refractivity contribution in [2.24, 2.45) is 0 Å². The number of nitrogens with one attached hydrogen (secondary N) is 1. The molecule has 114 valence electrons. The van der Waals surface area contributed by atoms with Crippen molar-refractivity contribution in [2.75, 3.05) is 41.7 Å². The molecule has 0 spiro atoms. The van der Waals surface area contributed by atoms with Crippen molar-refractivity contribution in [1.29, 1.82) is 0 Å². The van der Waals surface area contributed by atoms with Crippen molar-refractivity contribution in [3.8, 4) is 0 Å². The molecule has 0 radical (unpaired) electrons. The Hall–Kier alpha value is -1.98. The fourth-order valence-corrected chi connectivity index (χ4v) is 3.18. The van der Waals surface area contributed by atoms with Crippen molar-refractivity contribution >= 4 is 23.2 Å². The molecule has 1 aromatic rings. The zero-order chi connectivity index (χ0) is 14.8. The summed E-state index contributed by atoms with van der Waals surface area (Å²) in [5.41, 5.74) is 6.83. The summed E-state index contributed by atoms with van der Waals surface area (Å²) in [4.78, 5) is 20.4. The second kappa shape index (κ2) is 5.79. The van der Waals surface area contributed by atoms with Crippen LogP contribution >= 0.6 is 0 Å². The minimum atomic E-state index is 0.0323. The van der Waals surface area contributed by atoms with E-state index >= 15 is 0 Å². The molecular formula is C15H23N5O. The molecule has 2 fully saturated rings. The Balaban J connectivity index is 1.74. The highest BCUT2D eigenvalue weighted by Crippen LogP contribution is 2.28. The molecule has 2 aliphatic rings. The quantitative estimate of drug-likeness (QED) is 0.867. The summed E-state index contributed by atoms with van der Waals surface area (Å²) >= 11 is 0. The highest BCUT2D eigenvalue weighted by atomic mass is 16.1. The minimum Gasteiger partial charge on any atom is -0.396 e. The molecule has 2 saturated heterocycles. The van der Waals surface area contributed by atoms with Crippen LogP contribution in [0.1, 0.15) is 26.2 Å². The summed E-state index contributed by atoms with van der Waals surface area (Å²) in [7, 11) is 0. The standard InChI is InChI=1S/C15H23N5O/c1-11(21)17-12-6-9-20(10-12)14-5-4-13(16)15(18-14)19-7-2-3-8-19/h4-5,12H,2-3,6-10,16H2,1H3,(H,17,21). The molecule has 1 amide bonds. The Morgan fingerprint density at radius 1 is 1.29 bits per heavy atom. The Labute approximate surface area is 125 Å². The zero-order valence-corrected chi connectivity index (χ0v) is 12.5. The number of nitrogen functional groups attached to an aromatic ring is 1. The molecule has 1 unspecified atom stereocenters. The average Bonchev–Trinajstić information content (AvgIpc) is 3.10. The molecule has 3 N–H and O–H groups in total. The third-order valence-electron chi connectivity index (χ3n) is 4.22. The van der Waals surface area contributed by atoms with Gasteiger partial charge in [0.05, 0.1) is 5.69 Å². The Morgan fingerprint density at radius 3 is 2.76 bits per heavy atom. The van der Waals surface area contributed by atoms with Gasteiger partial charge in [-0.05, 0) is 31.4 Å². The number of aromatic nitrogens is 1. The van der Waals surface area contributed by atoms with Gasteiger partial charge in [0.2, 0.25) is 5.91 Å². The first-order chi connectivity index (χ1) is 10.1. The molecule has 21 heavy (non-hydrogen) atoms. The van der Waals surface area contributed by atoms with E-state index in [9.17, 15) is 4.79 Å². The number of nitrogens with zero attached hydrogens (tertiary/aromatic N) is 3. The van der Waals surface area contributed by atoms with Gasteiger partial charge >= 0.3 is 0 Å². The molecule has 6 heteroatoms. The first-order valence-electron chi connectivity index (χ1n) is 7.67. The molecule has 6 nitrogen and oxygen atoms in total. The summed E-state index contributed by atoms with van der Waals surface area (Å²) < 4.78 is 0. The monoisotopic (exact) mass is 289 g/mol. The number of hydrogen-bond acceptors (Lipinski definition) is 5. The van der Waals surface area contributed by atoms with Crippen LogP contribution in [0.3, 0.4) is 0 Å². The highest BCUT2D eigenvalue weighted by Gasteiger charge is 2.25. The van der Waals surface area contributed by atoms with E-state index in [0.717, 1.165) is 49.9 Å². The molecule has 1 aromatic heterocycles. The van der Waals surface area contributed by atoms with E-state index in [2.05, 4.69) is 15.1 Å². The molecule has 0 bridgehead atoms. The number of pyridine rings is 1. The normalized spacial score (nSPS) is 21.9. The predicted molar refractivity (Wildman–Crippen MR) is 84.5 cm³/mol. The van der Waals surface area contributed by atoms with Crippen LogP contribution in [0, 0.1) is 0 Å². The molecule has 1 atom stereocenters. The van der Waals surface area contributed by atoms with Crippen molar-refractivity contribution in [2.45, 2.75) is 32.2 Å². The van der Waals surface area contributed by atoms with Crippen LogP contribution in [-0.2, 0) is 4.79 Å². The fourth-order valence-electron chi connectivity index (χ4n) is 3.18. The molecule has 0 saturated carbocycles. The van der Waals surface area contributed by atoms with Crippen molar-refractivity contribution in [1.82, 2.24) is 10.3 Å². The maximum absolute atomic E-state index is 11.1. The van der Waals surface area contributed by atoms with Gasteiger partial charge in [-0.25, -0.2) is 4.98 Å². The van der Waals surface area contributed by atoms with Gasteiger partial charge in [-0.3, -0.25) is 4.79 Å². The lowest BCUT2D eigenvalue weighted by Crippen LogP contribution is -2.35. The maximum atomic E-state index is 11.1. The number of hydrogen-bond donors (Lipinski definition) is 2. The van der Waals surface area contributed by atoms with E-state index in [1.807, 2.05) is 12.1 Å². The smallest absolute Gasteiger partial charge is 0.217 e. The lowest BCUT2D eigenvalue weighted by Gasteiger charge is -2.23. The molecular weight excluding hydrogens is 266 g/mol. The number of nitrogens with two attached hydrogens (primary N) is 1. The molecule has 2 aliphatic heterocycles. The largest absolute Gasteiger partial charge is 0.396 e. The van der Waals surface area contributed by atoms with Crippen LogP contribution in [0.25, 0.3) is 0 Å². The average molecular weight is 289 g/mol. The lowest BCUT2D eigenvalue weighted by atomic mass is 10.2. The third-order valence-corrected chi connectivity index (χ3v) is 4.22. The van der Waals surface area contributed by atoms with Gasteiger partial charge in [0.15, 0.2) is 5.82 Å². The van der Waals surface area contributed by atoms with E-state index in [0.29, 0.717) is 0 Å². The lowest BCUT2D eigenvalue weighted by molar-refractivity contribution is -0.119. The second-order valence-corrected chi connectivity index (χ2v) is 5.91. The molecule has 0 aromatic carbocycles. The van der Waals surface area contributed by atoms with Crippen LogP contribution in [-0.4, -0.2) is 43.1 Å². The Bertz CT molecular complexity index is 527.